The van der Waals surface area contributed by atoms with E-state index in [1.165, 1.54) is 5.56 Å². The number of fused-ring (bicyclic) bond motifs is 1. The summed E-state index contributed by atoms with van der Waals surface area (Å²) in [4.78, 5) is 12.4. The zero-order valence-electron chi connectivity index (χ0n) is 19.6. The maximum Gasteiger partial charge on any atom is 0.0973 e. The SMILES string of the molecule is O=S([O-])NCCC1CCCN(Cc2ccc(-c3nc4ccccc4nc3-c3ccccc3)cc2)C1. The van der Waals surface area contributed by atoms with Gasteiger partial charge in [0, 0.05) is 42.0 Å². The molecule has 180 valence electrons. The van der Waals surface area contributed by atoms with E-state index in [1.54, 1.807) is 0 Å². The molecule has 3 aromatic carbocycles. The van der Waals surface area contributed by atoms with E-state index in [2.05, 4.69) is 46.0 Å². The summed E-state index contributed by atoms with van der Waals surface area (Å²) in [6, 6.07) is 26.9. The Kier molecular flexibility index (Phi) is 7.59. The number of aromatic nitrogens is 2. The fraction of sp³-hybridized carbons (Fsp3) is 0.286. The van der Waals surface area contributed by atoms with Crippen LogP contribution in [0.3, 0.4) is 0 Å². The molecule has 0 spiro atoms. The van der Waals surface area contributed by atoms with Gasteiger partial charge in [0.2, 0.25) is 0 Å². The molecule has 2 atom stereocenters. The van der Waals surface area contributed by atoms with E-state index in [9.17, 15) is 8.76 Å². The fourth-order valence-electron chi connectivity index (χ4n) is 4.90. The standard InChI is InChI=1S/C28H30N4O2S/c33-35(34)29-17-16-21-7-6-18-32(19-21)20-22-12-14-24(15-13-22)28-27(23-8-2-1-3-9-23)30-25-10-4-5-11-26(25)31-28/h1-5,8-15,21,29H,6-7,16-20H2,(H,33,34)/p-1. The molecule has 1 aliphatic heterocycles. The molecule has 0 saturated carbocycles. The van der Waals surface area contributed by atoms with Gasteiger partial charge in [-0.15, -0.1) is 0 Å². The van der Waals surface area contributed by atoms with Crippen LogP contribution in [0.1, 0.15) is 24.8 Å². The number of hydrogen-bond acceptors (Lipinski definition) is 5. The summed E-state index contributed by atoms with van der Waals surface area (Å²) in [6.45, 7) is 3.49. The summed E-state index contributed by atoms with van der Waals surface area (Å²) in [6.07, 6.45) is 3.19. The van der Waals surface area contributed by atoms with E-state index in [0.29, 0.717) is 12.5 Å². The maximum absolute atomic E-state index is 10.7. The normalized spacial score (nSPS) is 17.5. The van der Waals surface area contributed by atoms with E-state index in [0.717, 1.165) is 72.4 Å². The Morgan fingerprint density at radius 1 is 0.886 bits per heavy atom. The minimum absolute atomic E-state index is 0.514. The van der Waals surface area contributed by atoms with Gasteiger partial charge in [-0.3, -0.25) is 9.11 Å². The van der Waals surface area contributed by atoms with Crippen molar-refractivity contribution in [3.8, 4) is 22.5 Å². The lowest BCUT2D eigenvalue weighted by Gasteiger charge is -2.33. The highest BCUT2D eigenvalue weighted by Crippen LogP contribution is 2.31. The Hall–Kier alpha value is -2.97. The Bertz CT molecular complexity index is 1300. The van der Waals surface area contributed by atoms with Crippen LogP contribution in [0.4, 0.5) is 0 Å². The Morgan fingerprint density at radius 2 is 1.51 bits per heavy atom. The van der Waals surface area contributed by atoms with Crippen LogP contribution in [0.15, 0.2) is 78.9 Å². The topological polar surface area (TPSA) is 81.2 Å². The van der Waals surface area contributed by atoms with Crippen LogP contribution in [-0.4, -0.2) is 43.3 Å². The van der Waals surface area contributed by atoms with E-state index in [4.69, 9.17) is 9.97 Å². The minimum atomic E-state index is -2.17. The molecule has 2 unspecified atom stereocenters. The van der Waals surface area contributed by atoms with Gasteiger partial charge in [0.25, 0.3) is 0 Å². The number of piperidine rings is 1. The summed E-state index contributed by atoms with van der Waals surface area (Å²) in [5.74, 6) is 0.528. The molecule has 6 nitrogen and oxygen atoms in total. The van der Waals surface area contributed by atoms with Gasteiger partial charge in [-0.25, -0.2) is 14.7 Å². The van der Waals surface area contributed by atoms with Crippen molar-refractivity contribution in [2.75, 3.05) is 19.6 Å². The molecule has 35 heavy (non-hydrogen) atoms. The number of para-hydroxylation sites is 2. The highest BCUT2D eigenvalue weighted by molar-refractivity contribution is 7.77. The molecule has 0 radical (unpaired) electrons. The summed E-state index contributed by atoms with van der Waals surface area (Å²) in [5, 5.41) is 0. The van der Waals surface area contributed by atoms with Gasteiger partial charge in [0.15, 0.2) is 0 Å². The number of benzene rings is 3. The quantitative estimate of drug-likeness (QED) is 0.357. The number of nitrogens with zero attached hydrogens (tertiary/aromatic N) is 3. The molecule has 0 amide bonds. The van der Waals surface area contributed by atoms with Gasteiger partial charge < -0.3 is 4.55 Å². The lowest BCUT2D eigenvalue weighted by Crippen LogP contribution is -2.36. The van der Waals surface area contributed by atoms with Crippen LogP contribution in [-0.2, 0) is 17.8 Å². The van der Waals surface area contributed by atoms with Gasteiger partial charge in [-0.05, 0) is 49.4 Å². The van der Waals surface area contributed by atoms with Crippen LogP contribution >= 0.6 is 0 Å². The fourth-order valence-corrected chi connectivity index (χ4v) is 5.19. The smallest absolute Gasteiger partial charge is 0.0973 e. The average Bonchev–Trinajstić information content (AvgIpc) is 2.89. The molecule has 0 aliphatic carbocycles. The number of nitrogens with one attached hydrogen (secondary N) is 1. The van der Waals surface area contributed by atoms with Crippen molar-refractivity contribution in [3.05, 3.63) is 84.4 Å². The van der Waals surface area contributed by atoms with E-state index < -0.39 is 11.3 Å². The van der Waals surface area contributed by atoms with Crippen molar-refractivity contribution in [1.82, 2.24) is 19.6 Å². The molecule has 0 bridgehead atoms. The third kappa shape index (κ3) is 6.00. The predicted octanol–water partition coefficient (Wildman–Crippen LogP) is 4.95. The largest absolute Gasteiger partial charge is 0.760 e. The summed E-state index contributed by atoms with van der Waals surface area (Å²) in [5.41, 5.74) is 6.94. The second-order valence-electron chi connectivity index (χ2n) is 9.13. The molecular weight excluding hydrogens is 456 g/mol. The van der Waals surface area contributed by atoms with Crippen LogP contribution in [0.5, 0.6) is 0 Å². The lowest BCUT2D eigenvalue weighted by atomic mass is 9.94. The predicted molar refractivity (Wildman–Crippen MR) is 140 cm³/mol. The molecule has 1 saturated heterocycles. The molecule has 1 aromatic heterocycles. The third-order valence-electron chi connectivity index (χ3n) is 6.63. The summed E-state index contributed by atoms with van der Waals surface area (Å²) in [7, 11) is 0. The van der Waals surface area contributed by atoms with Gasteiger partial charge >= 0.3 is 0 Å². The van der Waals surface area contributed by atoms with Crippen molar-refractivity contribution >= 4 is 22.3 Å². The summed E-state index contributed by atoms with van der Waals surface area (Å²) < 4.78 is 23.9. The van der Waals surface area contributed by atoms with Crippen LogP contribution in [0, 0.1) is 5.92 Å². The minimum Gasteiger partial charge on any atom is -0.760 e. The first-order chi connectivity index (χ1) is 17.2. The number of likely N-dealkylation sites (tertiary alicyclic amines) is 1. The zero-order chi connectivity index (χ0) is 24.0. The van der Waals surface area contributed by atoms with Gasteiger partial charge in [-0.1, -0.05) is 66.7 Å². The first-order valence-corrected chi connectivity index (χ1v) is 13.2. The molecule has 4 aromatic rings. The van der Waals surface area contributed by atoms with E-state index in [-0.39, 0.29) is 0 Å². The maximum atomic E-state index is 10.7. The molecule has 2 heterocycles. The van der Waals surface area contributed by atoms with Crippen molar-refractivity contribution in [1.29, 1.82) is 0 Å². The van der Waals surface area contributed by atoms with Crippen molar-refractivity contribution in [2.24, 2.45) is 5.92 Å². The second-order valence-corrected chi connectivity index (χ2v) is 9.89. The van der Waals surface area contributed by atoms with E-state index in [1.807, 2.05) is 42.5 Å². The number of rotatable bonds is 8. The summed E-state index contributed by atoms with van der Waals surface area (Å²) >= 11 is -2.17. The molecule has 1 aliphatic rings. The first-order valence-electron chi connectivity index (χ1n) is 12.1. The molecular formula is C28H29N4O2S-. The van der Waals surface area contributed by atoms with Crippen LogP contribution < -0.4 is 4.72 Å². The van der Waals surface area contributed by atoms with Gasteiger partial charge in [0.1, 0.15) is 0 Å². The third-order valence-corrected chi connectivity index (χ3v) is 7.07. The van der Waals surface area contributed by atoms with Crippen molar-refractivity contribution in [3.63, 3.8) is 0 Å². The highest BCUT2D eigenvalue weighted by Gasteiger charge is 2.20. The van der Waals surface area contributed by atoms with E-state index >= 15 is 0 Å². The molecule has 1 N–H and O–H groups in total. The molecule has 5 rings (SSSR count). The Labute approximate surface area is 208 Å². The first kappa shape index (κ1) is 23.8. The van der Waals surface area contributed by atoms with Gasteiger partial charge in [0.05, 0.1) is 22.4 Å². The second kappa shape index (κ2) is 11.2. The molecule has 1 fully saturated rings. The van der Waals surface area contributed by atoms with Crippen molar-refractivity contribution in [2.45, 2.75) is 25.8 Å². The van der Waals surface area contributed by atoms with Gasteiger partial charge in [-0.2, -0.15) is 0 Å². The monoisotopic (exact) mass is 485 g/mol. The average molecular weight is 486 g/mol. The lowest BCUT2D eigenvalue weighted by molar-refractivity contribution is 0.162. The Balaban J connectivity index is 1.34. The van der Waals surface area contributed by atoms with Crippen LogP contribution in [0.2, 0.25) is 0 Å². The molecule has 7 heteroatoms. The van der Waals surface area contributed by atoms with Crippen molar-refractivity contribution < 1.29 is 8.76 Å². The zero-order valence-corrected chi connectivity index (χ0v) is 20.4. The number of hydrogen-bond donors (Lipinski definition) is 1. The van der Waals surface area contributed by atoms with Crippen LogP contribution in [0.25, 0.3) is 33.5 Å². The Morgan fingerprint density at radius 3 is 2.17 bits per heavy atom. The highest BCUT2D eigenvalue weighted by atomic mass is 32.2.